The molecular formula is C23H22N2O2. The third-order valence-corrected chi connectivity index (χ3v) is 4.89. The summed E-state index contributed by atoms with van der Waals surface area (Å²) in [5, 5.41) is 2.31. The third-order valence-electron chi connectivity index (χ3n) is 4.89. The second-order valence-electron chi connectivity index (χ2n) is 6.74. The molecule has 0 unspecified atom stereocenters. The molecule has 4 nitrogen and oxygen atoms in total. The van der Waals surface area contributed by atoms with Crippen molar-refractivity contribution in [1.29, 1.82) is 0 Å². The summed E-state index contributed by atoms with van der Waals surface area (Å²) in [6, 6.07) is 14.7. The maximum Gasteiger partial charge on any atom is 0.160 e. The van der Waals surface area contributed by atoms with E-state index in [1.54, 1.807) is 14.2 Å². The number of hydrogen-bond donors (Lipinski definition) is 0. The maximum absolute atomic E-state index is 5.40. The van der Waals surface area contributed by atoms with E-state index in [0.29, 0.717) is 0 Å². The minimum absolute atomic E-state index is 0.753. The average Bonchev–Trinajstić information content (AvgIpc) is 2.71. The monoisotopic (exact) mass is 358 g/mol. The summed E-state index contributed by atoms with van der Waals surface area (Å²) in [5.74, 6) is 1.52. The fraction of sp³-hybridized carbons (Fsp3) is 0.217. The molecule has 2 aromatic carbocycles. The SMILES string of the molecule is COc1ccc(CCc2cnc3cnc4cc(C)ccc4c3c2)cc1OC. The lowest BCUT2D eigenvalue weighted by atomic mass is 10.0. The van der Waals surface area contributed by atoms with Crippen molar-refractivity contribution in [3.8, 4) is 11.5 Å². The highest BCUT2D eigenvalue weighted by molar-refractivity contribution is 6.04. The summed E-state index contributed by atoms with van der Waals surface area (Å²) in [6.45, 7) is 2.09. The van der Waals surface area contributed by atoms with Crippen LogP contribution < -0.4 is 9.47 Å². The summed E-state index contributed by atoms with van der Waals surface area (Å²) >= 11 is 0. The van der Waals surface area contributed by atoms with E-state index in [9.17, 15) is 0 Å². The van der Waals surface area contributed by atoms with E-state index in [1.807, 2.05) is 24.5 Å². The third kappa shape index (κ3) is 3.43. The largest absolute Gasteiger partial charge is 0.493 e. The van der Waals surface area contributed by atoms with E-state index in [2.05, 4.69) is 47.2 Å². The summed E-state index contributed by atoms with van der Waals surface area (Å²) in [6.07, 6.45) is 5.63. The van der Waals surface area contributed by atoms with E-state index in [4.69, 9.17) is 9.47 Å². The molecule has 0 saturated carbocycles. The number of aromatic nitrogens is 2. The Morgan fingerprint density at radius 3 is 2.30 bits per heavy atom. The van der Waals surface area contributed by atoms with Crippen LogP contribution in [0.15, 0.2) is 54.9 Å². The minimum atomic E-state index is 0.753. The number of aryl methyl sites for hydroxylation is 3. The van der Waals surface area contributed by atoms with Gasteiger partial charge in [-0.1, -0.05) is 18.2 Å². The maximum atomic E-state index is 5.40. The Kier molecular flexibility index (Phi) is 4.63. The number of benzene rings is 2. The molecule has 0 radical (unpaired) electrons. The van der Waals surface area contributed by atoms with Gasteiger partial charge in [0.1, 0.15) is 0 Å². The Morgan fingerprint density at radius 1 is 0.704 bits per heavy atom. The zero-order valence-corrected chi connectivity index (χ0v) is 15.8. The molecule has 0 bridgehead atoms. The molecule has 0 aliphatic heterocycles. The van der Waals surface area contributed by atoms with Crippen LogP contribution >= 0.6 is 0 Å². The van der Waals surface area contributed by atoms with E-state index >= 15 is 0 Å². The normalized spacial score (nSPS) is 11.1. The van der Waals surface area contributed by atoms with E-state index in [-0.39, 0.29) is 0 Å². The summed E-state index contributed by atoms with van der Waals surface area (Å²) in [7, 11) is 3.31. The quantitative estimate of drug-likeness (QED) is 0.476. The summed E-state index contributed by atoms with van der Waals surface area (Å²) in [5.41, 5.74) is 5.59. The molecule has 4 rings (SSSR count). The van der Waals surface area contributed by atoms with Gasteiger partial charge < -0.3 is 9.47 Å². The van der Waals surface area contributed by atoms with Crippen molar-refractivity contribution in [2.24, 2.45) is 0 Å². The van der Waals surface area contributed by atoms with Crippen molar-refractivity contribution < 1.29 is 9.47 Å². The number of nitrogens with zero attached hydrogens (tertiary/aromatic N) is 2. The fourth-order valence-corrected chi connectivity index (χ4v) is 3.41. The lowest BCUT2D eigenvalue weighted by Crippen LogP contribution is -1.96. The predicted molar refractivity (Wildman–Crippen MR) is 109 cm³/mol. The molecule has 0 saturated heterocycles. The van der Waals surface area contributed by atoms with Crippen molar-refractivity contribution in [2.45, 2.75) is 19.8 Å². The highest BCUT2D eigenvalue weighted by atomic mass is 16.5. The van der Waals surface area contributed by atoms with Crippen LogP contribution in [-0.4, -0.2) is 24.2 Å². The lowest BCUT2D eigenvalue weighted by molar-refractivity contribution is 0.354. The topological polar surface area (TPSA) is 44.2 Å². The molecule has 0 fully saturated rings. The molecular weight excluding hydrogens is 336 g/mol. The van der Waals surface area contributed by atoms with Crippen LogP contribution in [0.5, 0.6) is 11.5 Å². The van der Waals surface area contributed by atoms with Crippen LogP contribution in [0.3, 0.4) is 0 Å². The Hall–Kier alpha value is -3.14. The second kappa shape index (κ2) is 7.23. The Bertz CT molecular complexity index is 1120. The molecule has 4 heteroatoms. The standard InChI is InChI=1S/C23H22N2O2/c1-15-4-8-18-19-11-17(13-24-21(19)14-25-20(18)10-15)6-5-16-7-9-22(26-2)23(12-16)27-3/h4,7-14H,5-6H2,1-3H3. The Morgan fingerprint density at radius 2 is 1.48 bits per heavy atom. The van der Waals surface area contributed by atoms with Crippen LogP contribution in [-0.2, 0) is 12.8 Å². The number of fused-ring (bicyclic) bond motifs is 3. The van der Waals surface area contributed by atoms with Crippen molar-refractivity contribution in [2.75, 3.05) is 14.2 Å². The molecule has 27 heavy (non-hydrogen) atoms. The highest BCUT2D eigenvalue weighted by Gasteiger charge is 2.07. The number of methoxy groups -OCH3 is 2. The summed E-state index contributed by atoms with van der Waals surface area (Å²) < 4.78 is 10.7. The number of ether oxygens (including phenoxy) is 2. The molecule has 0 aliphatic carbocycles. The van der Waals surface area contributed by atoms with Crippen molar-refractivity contribution in [3.05, 3.63) is 71.5 Å². The van der Waals surface area contributed by atoms with E-state index in [1.165, 1.54) is 16.7 Å². The van der Waals surface area contributed by atoms with Crippen LogP contribution in [0.25, 0.3) is 21.8 Å². The minimum Gasteiger partial charge on any atom is -0.493 e. The van der Waals surface area contributed by atoms with Gasteiger partial charge in [0.15, 0.2) is 11.5 Å². The molecule has 136 valence electrons. The van der Waals surface area contributed by atoms with Gasteiger partial charge in [-0.3, -0.25) is 9.97 Å². The second-order valence-corrected chi connectivity index (χ2v) is 6.74. The smallest absolute Gasteiger partial charge is 0.160 e. The highest BCUT2D eigenvalue weighted by Crippen LogP contribution is 2.28. The lowest BCUT2D eigenvalue weighted by Gasteiger charge is -2.10. The zero-order valence-electron chi connectivity index (χ0n) is 15.8. The van der Waals surface area contributed by atoms with Crippen LogP contribution in [0.2, 0.25) is 0 Å². The van der Waals surface area contributed by atoms with Gasteiger partial charge in [-0.05, 0) is 60.7 Å². The first kappa shape index (κ1) is 17.3. The number of pyridine rings is 2. The van der Waals surface area contributed by atoms with Gasteiger partial charge in [0, 0.05) is 17.0 Å². The molecule has 2 heterocycles. The van der Waals surface area contributed by atoms with Crippen molar-refractivity contribution >= 4 is 21.8 Å². The van der Waals surface area contributed by atoms with Gasteiger partial charge >= 0.3 is 0 Å². The average molecular weight is 358 g/mol. The first-order valence-electron chi connectivity index (χ1n) is 9.03. The Labute approximate surface area is 158 Å². The van der Waals surface area contributed by atoms with Gasteiger partial charge in [-0.15, -0.1) is 0 Å². The molecule has 4 aromatic rings. The van der Waals surface area contributed by atoms with Gasteiger partial charge in [-0.25, -0.2) is 0 Å². The number of hydrogen-bond acceptors (Lipinski definition) is 4. The molecule has 0 aliphatic rings. The van der Waals surface area contributed by atoms with Gasteiger partial charge in [0.2, 0.25) is 0 Å². The van der Waals surface area contributed by atoms with Gasteiger partial charge in [0.25, 0.3) is 0 Å². The molecule has 0 N–H and O–H groups in total. The van der Waals surface area contributed by atoms with E-state index in [0.717, 1.165) is 46.1 Å². The van der Waals surface area contributed by atoms with E-state index < -0.39 is 0 Å². The summed E-state index contributed by atoms with van der Waals surface area (Å²) in [4.78, 5) is 9.16. The molecule has 2 aromatic heterocycles. The Balaban J connectivity index is 1.63. The van der Waals surface area contributed by atoms with Gasteiger partial charge in [0.05, 0.1) is 31.4 Å². The molecule has 0 atom stereocenters. The first-order valence-corrected chi connectivity index (χ1v) is 9.03. The molecule has 0 spiro atoms. The molecule has 0 amide bonds. The van der Waals surface area contributed by atoms with Crippen molar-refractivity contribution in [3.63, 3.8) is 0 Å². The zero-order chi connectivity index (χ0) is 18.8. The number of rotatable bonds is 5. The van der Waals surface area contributed by atoms with Crippen LogP contribution in [0.4, 0.5) is 0 Å². The first-order chi connectivity index (χ1) is 13.2. The van der Waals surface area contributed by atoms with Crippen molar-refractivity contribution in [1.82, 2.24) is 9.97 Å². The predicted octanol–water partition coefficient (Wildman–Crippen LogP) is 4.89. The van der Waals surface area contributed by atoms with Crippen LogP contribution in [0, 0.1) is 6.92 Å². The fourth-order valence-electron chi connectivity index (χ4n) is 3.41. The van der Waals surface area contributed by atoms with Gasteiger partial charge in [-0.2, -0.15) is 0 Å². The van der Waals surface area contributed by atoms with Crippen LogP contribution in [0.1, 0.15) is 16.7 Å².